The molecule has 2 unspecified atom stereocenters. The van der Waals surface area contributed by atoms with Crippen molar-refractivity contribution in [3.63, 3.8) is 0 Å². The van der Waals surface area contributed by atoms with Crippen molar-refractivity contribution in [2.45, 2.75) is 64.8 Å². The van der Waals surface area contributed by atoms with Crippen LogP contribution < -0.4 is 5.32 Å². The molecule has 7 heteroatoms. The first-order chi connectivity index (χ1) is 13.8. The molecule has 2 aromatic rings. The highest BCUT2D eigenvalue weighted by molar-refractivity contribution is 5.81. The fraction of sp³-hybridized carbons (Fsp3) is 0.636. The molecule has 1 amide bonds. The van der Waals surface area contributed by atoms with Crippen molar-refractivity contribution < 1.29 is 14.3 Å². The first kappa shape index (κ1) is 20.2. The van der Waals surface area contributed by atoms with Crippen LogP contribution in [0.5, 0.6) is 0 Å². The molecule has 4 rings (SSSR count). The van der Waals surface area contributed by atoms with E-state index in [1.807, 2.05) is 31.6 Å². The second-order valence-electron chi connectivity index (χ2n) is 9.11. The molecule has 158 valence electrons. The number of carbonyl (C=O) groups is 1. The summed E-state index contributed by atoms with van der Waals surface area (Å²) in [6, 6.07) is 4.48. The van der Waals surface area contributed by atoms with E-state index in [2.05, 4.69) is 29.5 Å². The van der Waals surface area contributed by atoms with Gasteiger partial charge in [0.05, 0.1) is 17.8 Å². The monoisotopic (exact) mass is 400 g/mol. The van der Waals surface area contributed by atoms with Crippen molar-refractivity contribution >= 4 is 17.0 Å². The number of piperazine rings is 1. The van der Waals surface area contributed by atoms with E-state index in [-0.39, 0.29) is 18.4 Å². The standard InChI is InChI=1S/C22H32N4O3/c1-15-11-19-16(13-24-26(19)20-7-5-6-10-28-20)12-17(15)18-14-25(9-8-23-18)21(27)29-22(2,3)4/h11-13,18,20,23H,5-10,14H2,1-4H3. The predicted octanol–water partition coefficient (Wildman–Crippen LogP) is 3.93. The molecule has 2 atom stereocenters. The van der Waals surface area contributed by atoms with Crippen LogP contribution in [-0.2, 0) is 9.47 Å². The Kier molecular flexibility index (Phi) is 5.53. The molecule has 7 nitrogen and oxygen atoms in total. The Balaban J connectivity index is 1.55. The summed E-state index contributed by atoms with van der Waals surface area (Å²) >= 11 is 0. The average molecular weight is 401 g/mol. The van der Waals surface area contributed by atoms with Gasteiger partial charge in [-0.1, -0.05) is 0 Å². The zero-order valence-electron chi connectivity index (χ0n) is 17.9. The number of carbonyl (C=O) groups excluding carboxylic acids is 1. The molecule has 0 spiro atoms. The molecule has 2 aliphatic rings. The van der Waals surface area contributed by atoms with E-state index >= 15 is 0 Å². The maximum Gasteiger partial charge on any atom is 0.410 e. The van der Waals surface area contributed by atoms with Crippen LogP contribution in [0.25, 0.3) is 10.9 Å². The Labute approximate surface area is 172 Å². The fourth-order valence-corrected chi connectivity index (χ4v) is 4.19. The van der Waals surface area contributed by atoms with E-state index in [0.29, 0.717) is 13.1 Å². The van der Waals surface area contributed by atoms with Crippen molar-refractivity contribution in [3.8, 4) is 0 Å². The van der Waals surface area contributed by atoms with Crippen LogP contribution >= 0.6 is 0 Å². The quantitative estimate of drug-likeness (QED) is 0.827. The van der Waals surface area contributed by atoms with Gasteiger partial charge < -0.3 is 19.7 Å². The van der Waals surface area contributed by atoms with Crippen LogP contribution in [0.4, 0.5) is 4.79 Å². The van der Waals surface area contributed by atoms with Gasteiger partial charge in [0, 0.05) is 31.6 Å². The van der Waals surface area contributed by atoms with Crippen LogP contribution in [0.15, 0.2) is 18.3 Å². The average Bonchev–Trinajstić information content (AvgIpc) is 3.09. The van der Waals surface area contributed by atoms with Gasteiger partial charge in [0.2, 0.25) is 0 Å². The van der Waals surface area contributed by atoms with E-state index in [9.17, 15) is 4.79 Å². The lowest BCUT2D eigenvalue weighted by Crippen LogP contribution is -2.49. The third-order valence-corrected chi connectivity index (χ3v) is 5.61. The molecule has 1 aromatic carbocycles. The minimum Gasteiger partial charge on any atom is -0.444 e. The van der Waals surface area contributed by atoms with Gasteiger partial charge in [0.1, 0.15) is 5.60 Å². The number of ether oxygens (including phenoxy) is 2. The Morgan fingerprint density at radius 1 is 1.31 bits per heavy atom. The summed E-state index contributed by atoms with van der Waals surface area (Å²) in [5.74, 6) is 0. The van der Waals surface area contributed by atoms with E-state index in [4.69, 9.17) is 9.47 Å². The lowest BCUT2D eigenvalue weighted by atomic mass is 9.97. The molecule has 3 heterocycles. The Morgan fingerprint density at radius 3 is 2.86 bits per heavy atom. The number of fused-ring (bicyclic) bond motifs is 1. The summed E-state index contributed by atoms with van der Waals surface area (Å²) in [4.78, 5) is 14.3. The number of hydrogen-bond donors (Lipinski definition) is 1. The van der Waals surface area contributed by atoms with Crippen LogP contribution in [0.3, 0.4) is 0 Å². The molecule has 0 aliphatic carbocycles. The number of benzene rings is 1. The Morgan fingerprint density at radius 2 is 2.14 bits per heavy atom. The third kappa shape index (κ3) is 4.41. The molecule has 0 bridgehead atoms. The van der Waals surface area contributed by atoms with Crippen LogP contribution in [0.2, 0.25) is 0 Å². The number of nitrogens with one attached hydrogen (secondary N) is 1. The minimum absolute atomic E-state index is 0.0296. The summed E-state index contributed by atoms with van der Waals surface area (Å²) in [7, 11) is 0. The number of aryl methyl sites for hydroxylation is 1. The largest absolute Gasteiger partial charge is 0.444 e. The molecule has 2 fully saturated rings. The summed E-state index contributed by atoms with van der Waals surface area (Å²) in [5.41, 5.74) is 3.02. The second-order valence-corrected chi connectivity index (χ2v) is 9.11. The summed E-state index contributed by atoms with van der Waals surface area (Å²) in [6.45, 7) is 10.6. The lowest BCUT2D eigenvalue weighted by molar-refractivity contribution is -0.0366. The fourth-order valence-electron chi connectivity index (χ4n) is 4.19. The second kappa shape index (κ2) is 7.95. The van der Waals surface area contributed by atoms with E-state index in [0.717, 1.165) is 36.9 Å². The van der Waals surface area contributed by atoms with Crippen molar-refractivity contribution in [1.29, 1.82) is 0 Å². The number of nitrogens with zero attached hydrogens (tertiary/aromatic N) is 3. The molecular weight excluding hydrogens is 368 g/mol. The van der Waals surface area contributed by atoms with E-state index in [1.54, 1.807) is 4.90 Å². The molecule has 0 saturated carbocycles. The van der Waals surface area contributed by atoms with Gasteiger partial charge in [-0.05, 0) is 70.2 Å². The van der Waals surface area contributed by atoms with Gasteiger partial charge in [0.15, 0.2) is 6.23 Å². The first-order valence-electron chi connectivity index (χ1n) is 10.6. The van der Waals surface area contributed by atoms with E-state index < -0.39 is 5.60 Å². The molecule has 1 aromatic heterocycles. The molecule has 0 radical (unpaired) electrons. The topological polar surface area (TPSA) is 68.6 Å². The lowest BCUT2D eigenvalue weighted by Gasteiger charge is -2.35. The molecule has 1 N–H and O–H groups in total. The zero-order chi connectivity index (χ0) is 20.6. The van der Waals surface area contributed by atoms with Crippen LogP contribution in [0, 0.1) is 6.92 Å². The number of aromatic nitrogens is 2. The maximum absolute atomic E-state index is 12.5. The van der Waals surface area contributed by atoms with Crippen molar-refractivity contribution in [1.82, 2.24) is 20.0 Å². The van der Waals surface area contributed by atoms with Gasteiger partial charge >= 0.3 is 6.09 Å². The smallest absolute Gasteiger partial charge is 0.410 e. The summed E-state index contributed by atoms with van der Waals surface area (Å²) in [6.07, 6.45) is 5.01. The predicted molar refractivity (Wildman–Crippen MR) is 112 cm³/mol. The Hall–Kier alpha value is -2.12. The maximum atomic E-state index is 12.5. The van der Waals surface area contributed by atoms with Crippen molar-refractivity contribution in [3.05, 3.63) is 29.5 Å². The number of amides is 1. The minimum atomic E-state index is -0.484. The molecular formula is C22H32N4O3. The first-order valence-corrected chi connectivity index (χ1v) is 10.6. The van der Waals surface area contributed by atoms with Gasteiger partial charge in [-0.25, -0.2) is 9.48 Å². The highest BCUT2D eigenvalue weighted by Crippen LogP contribution is 2.30. The van der Waals surface area contributed by atoms with E-state index in [1.165, 1.54) is 17.5 Å². The van der Waals surface area contributed by atoms with Crippen LogP contribution in [-0.4, -0.2) is 52.6 Å². The van der Waals surface area contributed by atoms with Gasteiger partial charge in [-0.3, -0.25) is 0 Å². The highest BCUT2D eigenvalue weighted by Gasteiger charge is 2.29. The normalized spacial score (nSPS) is 23.4. The Bertz CT molecular complexity index is 880. The number of hydrogen-bond acceptors (Lipinski definition) is 5. The SMILES string of the molecule is Cc1cc2c(cnn2C2CCCCO2)cc1C1CN(C(=O)OC(C)(C)C)CCN1. The third-order valence-electron chi connectivity index (χ3n) is 5.61. The van der Waals surface area contributed by atoms with Crippen molar-refractivity contribution in [2.75, 3.05) is 26.2 Å². The summed E-state index contributed by atoms with van der Waals surface area (Å²) < 4.78 is 13.5. The van der Waals surface area contributed by atoms with Crippen molar-refractivity contribution in [2.24, 2.45) is 0 Å². The number of rotatable bonds is 2. The van der Waals surface area contributed by atoms with Gasteiger partial charge in [-0.15, -0.1) is 0 Å². The van der Waals surface area contributed by atoms with Crippen LogP contribution in [0.1, 0.15) is 63.4 Å². The molecule has 2 saturated heterocycles. The van der Waals surface area contributed by atoms with Gasteiger partial charge in [-0.2, -0.15) is 5.10 Å². The van der Waals surface area contributed by atoms with Gasteiger partial charge in [0.25, 0.3) is 0 Å². The molecule has 29 heavy (non-hydrogen) atoms. The highest BCUT2D eigenvalue weighted by atomic mass is 16.6. The summed E-state index contributed by atoms with van der Waals surface area (Å²) in [5, 5.41) is 9.28. The molecule has 2 aliphatic heterocycles. The zero-order valence-corrected chi connectivity index (χ0v) is 17.9.